The minimum atomic E-state index is -1.02. The molecular weight excluding hydrogens is 548 g/mol. The van der Waals surface area contributed by atoms with Gasteiger partial charge in [0.25, 0.3) is 0 Å². The Labute approximate surface area is 251 Å². The van der Waals surface area contributed by atoms with Crippen molar-refractivity contribution in [2.75, 3.05) is 31.1 Å². The molecule has 6 rings (SSSR count). The fourth-order valence-electron chi connectivity index (χ4n) is 6.24. The Morgan fingerprint density at radius 1 is 1.14 bits per heavy atom. The molecule has 7 nitrogen and oxygen atoms in total. The number of nitrogens with one attached hydrogen (secondary N) is 1. The van der Waals surface area contributed by atoms with Crippen molar-refractivity contribution in [3.8, 4) is 11.5 Å². The largest absolute Gasteiger partial charge is 0.478 e. The number of hydrogen-bond donors (Lipinski definition) is 2. The molecule has 0 unspecified atom stereocenters. The summed E-state index contributed by atoms with van der Waals surface area (Å²) < 4.78 is 6.10. The molecule has 1 aliphatic carbocycles. The number of aromatic carboxylic acids is 1. The summed E-state index contributed by atoms with van der Waals surface area (Å²) in [6.07, 6.45) is 6.80. The molecule has 2 aliphatic rings. The molecule has 0 radical (unpaired) electrons. The predicted octanol–water partition coefficient (Wildman–Crippen LogP) is 7.88. The van der Waals surface area contributed by atoms with E-state index in [1.807, 2.05) is 42.6 Å². The monoisotopic (exact) mass is 584 g/mol. The summed E-state index contributed by atoms with van der Waals surface area (Å²) >= 11 is 6.20. The molecule has 2 N–H and O–H groups in total. The molecule has 3 heterocycles. The lowest BCUT2D eigenvalue weighted by Gasteiger charge is -2.43. The maximum atomic E-state index is 12.0. The van der Waals surface area contributed by atoms with Gasteiger partial charge < -0.3 is 19.7 Å². The number of pyridine rings is 1. The van der Waals surface area contributed by atoms with E-state index >= 15 is 0 Å². The first kappa shape index (κ1) is 28.3. The third-order valence-electron chi connectivity index (χ3n) is 8.70. The Hall–Kier alpha value is -3.81. The standard InChI is InChI=1S/C34H37ClN4O3/c1-22-20-39(15-14-38(22)21-25-10-12-34(2,3)18-30(25)23-4-6-26(35)7-5-23)27-8-9-29(33(40)41)31(17-27)42-28-16-24-11-13-36-32(24)37-19-28/h4-9,11,13,16-17,19,22H,10,12,14-15,18,20-21H2,1-3H3,(H,36,37)(H,40,41)/t22-/m0/s1. The molecule has 0 amide bonds. The van der Waals surface area contributed by atoms with Crippen LogP contribution in [0.2, 0.25) is 5.02 Å². The van der Waals surface area contributed by atoms with Crippen LogP contribution < -0.4 is 9.64 Å². The van der Waals surface area contributed by atoms with Crippen molar-refractivity contribution in [1.29, 1.82) is 0 Å². The second-order valence-electron chi connectivity index (χ2n) is 12.4. The van der Waals surface area contributed by atoms with Crippen LogP contribution in [0.15, 0.2) is 72.6 Å². The van der Waals surface area contributed by atoms with Crippen molar-refractivity contribution in [3.05, 3.63) is 88.7 Å². The van der Waals surface area contributed by atoms with Gasteiger partial charge in [0.2, 0.25) is 0 Å². The van der Waals surface area contributed by atoms with E-state index in [4.69, 9.17) is 16.3 Å². The molecule has 0 spiro atoms. The number of carbonyl (C=O) groups is 1. The van der Waals surface area contributed by atoms with Gasteiger partial charge >= 0.3 is 5.97 Å². The van der Waals surface area contributed by atoms with Crippen molar-refractivity contribution in [2.24, 2.45) is 5.41 Å². The second-order valence-corrected chi connectivity index (χ2v) is 12.8. The zero-order valence-electron chi connectivity index (χ0n) is 24.4. The maximum Gasteiger partial charge on any atom is 0.339 e. The predicted molar refractivity (Wildman–Crippen MR) is 169 cm³/mol. The molecule has 42 heavy (non-hydrogen) atoms. The molecule has 2 aromatic heterocycles. The second kappa shape index (κ2) is 11.5. The Kier molecular flexibility index (Phi) is 7.73. The van der Waals surface area contributed by atoms with E-state index < -0.39 is 5.97 Å². The highest BCUT2D eigenvalue weighted by Gasteiger charge is 2.31. The van der Waals surface area contributed by atoms with E-state index in [1.54, 1.807) is 12.3 Å². The third-order valence-corrected chi connectivity index (χ3v) is 8.95. The van der Waals surface area contributed by atoms with E-state index in [0.717, 1.165) is 60.8 Å². The average molecular weight is 585 g/mol. The number of hydrogen-bond acceptors (Lipinski definition) is 5. The van der Waals surface area contributed by atoms with Crippen molar-refractivity contribution >= 4 is 39.9 Å². The molecule has 1 aliphatic heterocycles. The van der Waals surface area contributed by atoms with Crippen molar-refractivity contribution in [3.63, 3.8) is 0 Å². The number of rotatable bonds is 7. The van der Waals surface area contributed by atoms with Crippen LogP contribution in [-0.4, -0.2) is 58.2 Å². The summed E-state index contributed by atoms with van der Waals surface area (Å²) in [6.45, 7) is 10.6. The van der Waals surface area contributed by atoms with Gasteiger partial charge in [-0.15, -0.1) is 0 Å². The first-order valence-corrected chi connectivity index (χ1v) is 15.0. The molecule has 2 aromatic carbocycles. The van der Waals surface area contributed by atoms with Gasteiger partial charge in [0.15, 0.2) is 0 Å². The summed E-state index contributed by atoms with van der Waals surface area (Å²) in [4.78, 5) is 24.4. The number of carboxylic acids is 1. The SMILES string of the molecule is C[C@H]1CN(c2ccc(C(=O)O)c(Oc3cnc4[nH]ccc4c3)c2)CCN1CC1=C(c2ccc(Cl)cc2)CC(C)(C)CC1. The highest BCUT2D eigenvalue weighted by atomic mass is 35.5. The first-order valence-electron chi connectivity index (χ1n) is 14.6. The molecule has 4 aromatic rings. The number of benzene rings is 2. The Bertz CT molecular complexity index is 1640. The Morgan fingerprint density at radius 3 is 2.71 bits per heavy atom. The number of nitrogens with zero attached hydrogens (tertiary/aromatic N) is 3. The van der Waals surface area contributed by atoms with Crippen molar-refractivity contribution in [2.45, 2.75) is 46.1 Å². The number of anilines is 1. The fraction of sp³-hybridized carbons (Fsp3) is 0.353. The maximum absolute atomic E-state index is 12.0. The van der Waals surface area contributed by atoms with Gasteiger partial charge in [-0.2, -0.15) is 0 Å². The van der Waals surface area contributed by atoms with Crippen LogP contribution in [0, 0.1) is 5.41 Å². The van der Waals surface area contributed by atoms with E-state index in [2.05, 4.69) is 52.7 Å². The quantitative estimate of drug-likeness (QED) is 0.230. The number of allylic oxidation sites excluding steroid dienone is 1. The van der Waals surface area contributed by atoms with E-state index in [-0.39, 0.29) is 11.0 Å². The van der Waals surface area contributed by atoms with Crippen LogP contribution in [0.25, 0.3) is 16.6 Å². The van der Waals surface area contributed by atoms with Crippen LogP contribution in [-0.2, 0) is 0 Å². The highest BCUT2D eigenvalue weighted by Crippen LogP contribution is 2.43. The van der Waals surface area contributed by atoms with Gasteiger partial charge in [-0.05, 0) is 79.1 Å². The molecule has 1 fully saturated rings. The van der Waals surface area contributed by atoms with Gasteiger partial charge in [-0.25, -0.2) is 9.78 Å². The molecular formula is C34H37ClN4O3. The number of halogens is 1. The number of ether oxygens (including phenoxy) is 1. The van der Waals surface area contributed by atoms with E-state index in [9.17, 15) is 9.90 Å². The number of H-pyrrole nitrogens is 1. The summed E-state index contributed by atoms with van der Waals surface area (Å²) in [5, 5.41) is 11.5. The lowest BCUT2D eigenvalue weighted by Crippen LogP contribution is -2.52. The van der Waals surface area contributed by atoms with Crippen molar-refractivity contribution < 1.29 is 14.6 Å². The number of piperazine rings is 1. The average Bonchev–Trinajstić information content (AvgIpc) is 3.43. The fourth-order valence-corrected chi connectivity index (χ4v) is 6.37. The van der Waals surface area contributed by atoms with Crippen LogP contribution in [0.5, 0.6) is 11.5 Å². The highest BCUT2D eigenvalue weighted by molar-refractivity contribution is 6.30. The minimum absolute atomic E-state index is 0.126. The Balaban J connectivity index is 1.20. The van der Waals surface area contributed by atoms with Crippen molar-refractivity contribution in [1.82, 2.24) is 14.9 Å². The van der Waals surface area contributed by atoms with Gasteiger partial charge in [0.05, 0.1) is 6.20 Å². The number of aromatic amines is 1. The van der Waals surface area contributed by atoms with E-state index in [1.165, 1.54) is 23.1 Å². The molecule has 0 bridgehead atoms. The van der Waals surface area contributed by atoms with Gasteiger partial charge in [0, 0.05) is 60.6 Å². The number of carboxylic acid groups (broad SMARTS) is 1. The van der Waals surface area contributed by atoms with Crippen LogP contribution in [0.3, 0.4) is 0 Å². The summed E-state index contributed by atoms with van der Waals surface area (Å²) in [5.41, 5.74) is 6.41. The van der Waals surface area contributed by atoms with Gasteiger partial charge in [-0.1, -0.05) is 43.2 Å². The molecule has 8 heteroatoms. The molecule has 218 valence electrons. The molecule has 0 saturated carbocycles. The number of aromatic nitrogens is 2. The van der Waals surface area contributed by atoms with Crippen LogP contribution >= 0.6 is 11.6 Å². The van der Waals surface area contributed by atoms with Crippen LogP contribution in [0.1, 0.15) is 56.0 Å². The summed E-state index contributed by atoms with van der Waals surface area (Å²) in [7, 11) is 0. The molecule has 1 saturated heterocycles. The topological polar surface area (TPSA) is 81.7 Å². The zero-order valence-corrected chi connectivity index (χ0v) is 25.1. The normalized spacial score (nSPS) is 19.3. The lowest BCUT2D eigenvalue weighted by molar-refractivity contribution is 0.0694. The minimum Gasteiger partial charge on any atom is -0.478 e. The Morgan fingerprint density at radius 2 is 1.95 bits per heavy atom. The first-order chi connectivity index (χ1) is 20.1. The van der Waals surface area contributed by atoms with Crippen LogP contribution in [0.4, 0.5) is 5.69 Å². The number of fused-ring (bicyclic) bond motifs is 1. The van der Waals surface area contributed by atoms with E-state index in [0.29, 0.717) is 17.5 Å². The lowest BCUT2D eigenvalue weighted by atomic mass is 9.72. The van der Waals surface area contributed by atoms with Gasteiger partial charge in [0.1, 0.15) is 22.7 Å². The summed E-state index contributed by atoms with van der Waals surface area (Å²) in [5.74, 6) is -0.208. The third kappa shape index (κ3) is 6.03. The smallest absolute Gasteiger partial charge is 0.339 e. The zero-order chi connectivity index (χ0) is 29.4. The molecule has 1 atom stereocenters. The summed E-state index contributed by atoms with van der Waals surface area (Å²) in [6, 6.07) is 17.8. The van der Waals surface area contributed by atoms with Gasteiger partial charge in [-0.3, -0.25) is 4.90 Å².